The maximum absolute atomic E-state index is 5.69. The number of nitrogens with one attached hydrogen (secondary N) is 1. The number of hydrogen-bond acceptors (Lipinski definition) is 2. The summed E-state index contributed by atoms with van der Waals surface area (Å²) in [6.07, 6.45) is 6.48. The van der Waals surface area contributed by atoms with Gasteiger partial charge in [0.25, 0.3) is 0 Å². The van der Waals surface area contributed by atoms with Gasteiger partial charge in [-0.25, -0.2) is 0 Å². The van der Waals surface area contributed by atoms with E-state index < -0.39 is 0 Å². The van der Waals surface area contributed by atoms with Crippen LogP contribution in [0.1, 0.15) is 39.0 Å². The van der Waals surface area contributed by atoms with E-state index in [9.17, 15) is 0 Å². The molecule has 0 saturated heterocycles. The van der Waals surface area contributed by atoms with Gasteiger partial charge in [0, 0.05) is 6.04 Å². The molecule has 0 unspecified atom stereocenters. The van der Waals surface area contributed by atoms with E-state index in [1.807, 2.05) is 0 Å². The molecule has 2 heteroatoms. The Bertz CT molecular complexity index is 108. The topological polar surface area (TPSA) is 38.0 Å². The van der Waals surface area contributed by atoms with Gasteiger partial charge < -0.3 is 11.1 Å². The Morgan fingerprint density at radius 3 is 2.67 bits per heavy atom. The van der Waals surface area contributed by atoms with Gasteiger partial charge in [-0.1, -0.05) is 19.8 Å². The number of nitrogens with two attached hydrogens (primary N) is 1. The summed E-state index contributed by atoms with van der Waals surface area (Å²) in [4.78, 5) is 0. The van der Waals surface area contributed by atoms with Crippen LogP contribution in [0.15, 0.2) is 0 Å². The number of hydrogen-bond donors (Lipinski definition) is 2. The summed E-state index contributed by atoms with van der Waals surface area (Å²) in [5.41, 5.74) is 5.69. The Morgan fingerprint density at radius 1 is 1.33 bits per heavy atom. The Labute approximate surface area is 75.9 Å². The first-order chi connectivity index (χ1) is 5.83. The third-order valence-corrected chi connectivity index (χ3v) is 2.66. The Balaban J connectivity index is 1.77. The molecule has 0 aromatic rings. The Hall–Kier alpha value is -0.0800. The minimum atomic E-state index is 0.507. The molecule has 0 bridgehead atoms. The first-order valence-electron chi connectivity index (χ1n) is 5.29. The van der Waals surface area contributed by atoms with Gasteiger partial charge in [0.05, 0.1) is 0 Å². The average molecular weight is 170 g/mol. The highest BCUT2D eigenvalue weighted by Gasteiger charge is 2.24. The van der Waals surface area contributed by atoms with E-state index in [1.54, 1.807) is 0 Å². The molecule has 1 fully saturated rings. The van der Waals surface area contributed by atoms with E-state index in [4.69, 9.17) is 5.73 Å². The van der Waals surface area contributed by atoms with Crippen LogP contribution in [-0.2, 0) is 0 Å². The van der Waals surface area contributed by atoms with Crippen LogP contribution in [0.3, 0.4) is 0 Å². The Morgan fingerprint density at radius 2 is 2.08 bits per heavy atom. The van der Waals surface area contributed by atoms with Crippen molar-refractivity contribution in [2.75, 3.05) is 13.1 Å². The van der Waals surface area contributed by atoms with E-state index in [1.165, 1.54) is 45.2 Å². The minimum Gasteiger partial charge on any atom is -0.328 e. The van der Waals surface area contributed by atoms with Crippen molar-refractivity contribution in [2.45, 2.75) is 45.1 Å². The molecule has 1 aliphatic carbocycles. The maximum atomic E-state index is 5.69. The highest BCUT2D eigenvalue weighted by Crippen LogP contribution is 2.24. The molecular formula is C10H22N2. The lowest BCUT2D eigenvalue weighted by Gasteiger charge is -2.32. The minimum absolute atomic E-state index is 0.507. The summed E-state index contributed by atoms with van der Waals surface area (Å²) in [5, 5.41) is 3.49. The van der Waals surface area contributed by atoms with Gasteiger partial charge in [0.1, 0.15) is 0 Å². The fraction of sp³-hybridized carbons (Fsp3) is 1.00. The van der Waals surface area contributed by atoms with Crippen molar-refractivity contribution in [3.8, 4) is 0 Å². The van der Waals surface area contributed by atoms with Crippen molar-refractivity contribution in [2.24, 2.45) is 11.7 Å². The van der Waals surface area contributed by atoms with Crippen molar-refractivity contribution in [3.63, 3.8) is 0 Å². The van der Waals surface area contributed by atoms with Crippen LogP contribution in [0, 0.1) is 5.92 Å². The molecule has 12 heavy (non-hydrogen) atoms. The Kier molecular flexibility index (Phi) is 4.62. The van der Waals surface area contributed by atoms with Crippen LogP contribution in [0.5, 0.6) is 0 Å². The molecule has 0 radical (unpaired) electrons. The van der Waals surface area contributed by atoms with E-state index in [0.717, 1.165) is 5.92 Å². The summed E-state index contributed by atoms with van der Waals surface area (Å²) in [7, 11) is 0. The lowest BCUT2D eigenvalue weighted by Crippen LogP contribution is -2.41. The highest BCUT2D eigenvalue weighted by atomic mass is 14.9. The van der Waals surface area contributed by atoms with Crippen molar-refractivity contribution in [3.05, 3.63) is 0 Å². The monoisotopic (exact) mass is 170 g/mol. The van der Waals surface area contributed by atoms with Crippen LogP contribution in [-0.4, -0.2) is 19.1 Å². The molecule has 0 aliphatic heterocycles. The lowest BCUT2D eigenvalue weighted by atomic mass is 9.81. The number of rotatable bonds is 6. The molecule has 0 aromatic heterocycles. The summed E-state index contributed by atoms with van der Waals surface area (Å²) in [5.74, 6) is 0.877. The molecule has 0 amide bonds. The predicted octanol–water partition coefficient (Wildman–Crippen LogP) is 1.50. The molecule has 0 heterocycles. The van der Waals surface area contributed by atoms with Crippen molar-refractivity contribution < 1.29 is 0 Å². The lowest BCUT2D eigenvalue weighted by molar-refractivity contribution is 0.256. The molecule has 0 spiro atoms. The third-order valence-electron chi connectivity index (χ3n) is 2.66. The second-order valence-corrected chi connectivity index (χ2v) is 4.01. The van der Waals surface area contributed by atoms with Gasteiger partial charge in [-0.05, 0) is 38.3 Å². The zero-order valence-corrected chi connectivity index (χ0v) is 8.18. The predicted molar refractivity (Wildman–Crippen MR) is 53.1 cm³/mol. The summed E-state index contributed by atoms with van der Waals surface area (Å²) >= 11 is 0. The number of unbranched alkanes of at least 4 members (excludes halogenated alkanes) is 2. The molecule has 72 valence electrons. The smallest absolute Gasteiger partial charge is 0.00450 e. The van der Waals surface area contributed by atoms with E-state index in [2.05, 4.69) is 12.2 Å². The summed E-state index contributed by atoms with van der Waals surface area (Å²) in [6.45, 7) is 4.63. The standard InChI is InChI=1S/C10H22N2/c1-2-3-4-5-12-8-9-6-10(11)7-9/h9-10,12H,2-8,11H2,1H3. The van der Waals surface area contributed by atoms with Crippen LogP contribution < -0.4 is 11.1 Å². The van der Waals surface area contributed by atoms with E-state index in [-0.39, 0.29) is 0 Å². The van der Waals surface area contributed by atoms with Gasteiger partial charge in [0.2, 0.25) is 0 Å². The normalized spacial score (nSPS) is 28.5. The van der Waals surface area contributed by atoms with Crippen LogP contribution in [0.4, 0.5) is 0 Å². The second kappa shape index (κ2) is 5.55. The van der Waals surface area contributed by atoms with E-state index >= 15 is 0 Å². The third kappa shape index (κ3) is 3.55. The summed E-state index contributed by atoms with van der Waals surface area (Å²) in [6, 6.07) is 0.507. The fourth-order valence-corrected chi connectivity index (χ4v) is 1.76. The van der Waals surface area contributed by atoms with Crippen molar-refractivity contribution >= 4 is 0 Å². The first kappa shape index (κ1) is 10.0. The van der Waals surface area contributed by atoms with Gasteiger partial charge >= 0.3 is 0 Å². The molecule has 1 saturated carbocycles. The molecule has 1 aliphatic rings. The van der Waals surface area contributed by atoms with E-state index in [0.29, 0.717) is 6.04 Å². The van der Waals surface area contributed by atoms with Crippen molar-refractivity contribution in [1.29, 1.82) is 0 Å². The molecule has 2 nitrogen and oxygen atoms in total. The zero-order valence-electron chi connectivity index (χ0n) is 8.18. The molecule has 0 aromatic carbocycles. The first-order valence-corrected chi connectivity index (χ1v) is 5.29. The average Bonchev–Trinajstić information content (AvgIpc) is 2.00. The fourth-order valence-electron chi connectivity index (χ4n) is 1.76. The molecular weight excluding hydrogens is 148 g/mol. The van der Waals surface area contributed by atoms with Crippen LogP contribution in [0.25, 0.3) is 0 Å². The molecule has 0 atom stereocenters. The maximum Gasteiger partial charge on any atom is 0.00450 e. The van der Waals surface area contributed by atoms with Gasteiger partial charge in [-0.15, -0.1) is 0 Å². The second-order valence-electron chi connectivity index (χ2n) is 4.01. The van der Waals surface area contributed by atoms with Crippen LogP contribution in [0.2, 0.25) is 0 Å². The summed E-state index contributed by atoms with van der Waals surface area (Å²) < 4.78 is 0. The zero-order chi connectivity index (χ0) is 8.81. The van der Waals surface area contributed by atoms with Gasteiger partial charge in [-0.2, -0.15) is 0 Å². The molecule has 3 N–H and O–H groups in total. The largest absolute Gasteiger partial charge is 0.328 e. The van der Waals surface area contributed by atoms with Crippen LogP contribution >= 0.6 is 0 Å². The van der Waals surface area contributed by atoms with Crippen molar-refractivity contribution in [1.82, 2.24) is 5.32 Å². The van der Waals surface area contributed by atoms with Gasteiger partial charge in [0.15, 0.2) is 0 Å². The highest BCUT2D eigenvalue weighted by molar-refractivity contribution is 4.83. The quantitative estimate of drug-likeness (QED) is 0.593. The SMILES string of the molecule is CCCCCNCC1CC(N)C1. The van der Waals surface area contributed by atoms with Gasteiger partial charge in [-0.3, -0.25) is 0 Å². The molecule has 1 rings (SSSR count).